The van der Waals surface area contributed by atoms with Gasteiger partial charge in [0.1, 0.15) is 0 Å². The van der Waals surface area contributed by atoms with Crippen molar-refractivity contribution >= 4 is 23.4 Å². The minimum absolute atomic E-state index is 0.294. The first-order valence-corrected chi connectivity index (χ1v) is 6.76. The third kappa shape index (κ3) is 4.87. The zero-order valence-corrected chi connectivity index (χ0v) is 10.4. The lowest BCUT2D eigenvalue weighted by molar-refractivity contribution is 0.164. The molecule has 0 radical (unpaired) electrons. The number of nitrogens with zero attached hydrogens (tertiary/aromatic N) is 1. The highest BCUT2D eigenvalue weighted by molar-refractivity contribution is 7.98. The normalized spacial score (nSPS) is 12.7. The second-order valence-corrected chi connectivity index (χ2v) is 4.85. The van der Waals surface area contributed by atoms with Crippen LogP contribution >= 0.6 is 23.4 Å². The number of halogens is 1. The summed E-state index contributed by atoms with van der Waals surface area (Å²) in [5.41, 5.74) is 0.975. The molecule has 0 aliphatic carbocycles. The summed E-state index contributed by atoms with van der Waals surface area (Å²) in [4.78, 5) is 3.91. The van der Waals surface area contributed by atoms with E-state index in [1.54, 1.807) is 24.2 Å². The smallest absolute Gasteiger partial charge is 0.0622 e. The highest BCUT2D eigenvalue weighted by Gasteiger charge is 2.07. The molecule has 1 aromatic heterocycles. The minimum Gasteiger partial charge on any atom is -0.393 e. The van der Waals surface area contributed by atoms with Crippen molar-refractivity contribution in [3.8, 4) is 0 Å². The summed E-state index contributed by atoms with van der Waals surface area (Å²) in [6, 6.07) is 1.86. The van der Waals surface area contributed by atoms with Crippen LogP contribution in [0.5, 0.6) is 0 Å². The van der Waals surface area contributed by atoms with E-state index < -0.39 is 0 Å². The predicted molar refractivity (Wildman–Crippen MR) is 66.6 cm³/mol. The molecule has 0 aliphatic heterocycles. The molecule has 4 heteroatoms. The van der Waals surface area contributed by atoms with Gasteiger partial charge in [-0.2, -0.15) is 11.8 Å². The molecule has 0 bridgehead atoms. The first-order valence-electron chi connectivity index (χ1n) is 4.99. The lowest BCUT2D eigenvalue weighted by Gasteiger charge is -2.10. The Kier molecular flexibility index (Phi) is 6.06. The number of pyridine rings is 1. The van der Waals surface area contributed by atoms with Crippen molar-refractivity contribution in [1.82, 2.24) is 4.98 Å². The molecule has 0 saturated carbocycles. The van der Waals surface area contributed by atoms with Gasteiger partial charge in [0.05, 0.1) is 11.1 Å². The van der Waals surface area contributed by atoms with E-state index in [0.29, 0.717) is 11.4 Å². The van der Waals surface area contributed by atoms with Crippen LogP contribution in [0.15, 0.2) is 18.5 Å². The van der Waals surface area contributed by atoms with E-state index in [1.165, 1.54) is 0 Å². The molecule has 1 rings (SSSR count). The molecule has 15 heavy (non-hydrogen) atoms. The highest BCUT2D eigenvalue weighted by atomic mass is 35.5. The lowest BCUT2D eigenvalue weighted by Crippen LogP contribution is -2.11. The maximum atomic E-state index is 9.77. The number of hydrogen-bond acceptors (Lipinski definition) is 3. The van der Waals surface area contributed by atoms with Crippen LogP contribution in [0.3, 0.4) is 0 Å². The monoisotopic (exact) mass is 245 g/mol. The number of aliphatic hydroxyl groups is 1. The molecule has 1 aromatic rings. The Bertz CT molecular complexity index is 296. The Morgan fingerprint density at radius 3 is 3.07 bits per heavy atom. The van der Waals surface area contributed by atoms with Gasteiger partial charge in [-0.15, -0.1) is 0 Å². The standard InChI is InChI=1S/C11H16ClNOS/c1-15-6-2-3-10(14)7-9-4-5-13-8-11(9)12/h4-5,8,10,14H,2-3,6-7H2,1H3. The summed E-state index contributed by atoms with van der Waals surface area (Å²) in [6.45, 7) is 0. The summed E-state index contributed by atoms with van der Waals surface area (Å²) in [6.07, 6.45) is 7.60. The Morgan fingerprint density at radius 2 is 2.40 bits per heavy atom. The zero-order valence-electron chi connectivity index (χ0n) is 8.82. The van der Waals surface area contributed by atoms with Crippen LogP contribution in [0, 0.1) is 0 Å². The third-order valence-corrected chi connectivity index (χ3v) is 3.24. The van der Waals surface area contributed by atoms with Gasteiger partial charge in [-0.3, -0.25) is 4.98 Å². The fourth-order valence-corrected chi connectivity index (χ4v) is 2.04. The molecule has 0 aromatic carbocycles. The van der Waals surface area contributed by atoms with Crippen LogP contribution in [0.1, 0.15) is 18.4 Å². The Labute approximate surface area is 100 Å². The molecule has 0 spiro atoms. The Morgan fingerprint density at radius 1 is 1.60 bits per heavy atom. The molecule has 0 fully saturated rings. The van der Waals surface area contributed by atoms with Gasteiger partial charge in [0.2, 0.25) is 0 Å². The van der Waals surface area contributed by atoms with E-state index in [4.69, 9.17) is 11.6 Å². The number of rotatable bonds is 6. The maximum absolute atomic E-state index is 9.77. The molecule has 1 N–H and O–H groups in total. The van der Waals surface area contributed by atoms with E-state index in [-0.39, 0.29) is 6.10 Å². The number of thioether (sulfide) groups is 1. The van der Waals surface area contributed by atoms with Crippen LogP contribution in [-0.4, -0.2) is 28.2 Å². The first-order chi connectivity index (χ1) is 7.24. The quantitative estimate of drug-likeness (QED) is 0.783. The second kappa shape index (κ2) is 7.09. The maximum Gasteiger partial charge on any atom is 0.0622 e. The van der Waals surface area contributed by atoms with Crippen molar-refractivity contribution in [2.75, 3.05) is 12.0 Å². The number of aromatic nitrogens is 1. The van der Waals surface area contributed by atoms with Crippen molar-refractivity contribution in [2.24, 2.45) is 0 Å². The van der Waals surface area contributed by atoms with Crippen molar-refractivity contribution in [1.29, 1.82) is 0 Å². The number of aliphatic hydroxyl groups excluding tert-OH is 1. The van der Waals surface area contributed by atoms with Gasteiger partial charge in [-0.1, -0.05) is 11.6 Å². The number of hydrogen-bond donors (Lipinski definition) is 1. The van der Waals surface area contributed by atoms with E-state index in [2.05, 4.69) is 11.2 Å². The van der Waals surface area contributed by atoms with Crippen molar-refractivity contribution in [3.63, 3.8) is 0 Å². The largest absolute Gasteiger partial charge is 0.393 e. The minimum atomic E-state index is -0.294. The fraction of sp³-hybridized carbons (Fsp3) is 0.545. The molecule has 1 unspecified atom stereocenters. The lowest BCUT2D eigenvalue weighted by atomic mass is 10.1. The molecule has 1 heterocycles. The van der Waals surface area contributed by atoms with Gasteiger partial charge < -0.3 is 5.11 Å². The second-order valence-electron chi connectivity index (χ2n) is 3.46. The summed E-state index contributed by atoms with van der Waals surface area (Å²) in [5.74, 6) is 1.10. The predicted octanol–water partition coefficient (Wildman–Crippen LogP) is 2.78. The Hall–Kier alpha value is -0.250. The van der Waals surface area contributed by atoms with Gasteiger partial charge >= 0.3 is 0 Å². The molecule has 0 amide bonds. The molecule has 0 aliphatic rings. The zero-order chi connectivity index (χ0) is 11.1. The Balaban J connectivity index is 2.37. The van der Waals surface area contributed by atoms with E-state index in [9.17, 15) is 5.11 Å². The summed E-state index contributed by atoms with van der Waals surface area (Å²) in [7, 11) is 0. The fourth-order valence-electron chi connectivity index (χ4n) is 1.39. The van der Waals surface area contributed by atoms with Crippen LogP contribution in [0.25, 0.3) is 0 Å². The van der Waals surface area contributed by atoms with Gasteiger partial charge in [0, 0.05) is 12.4 Å². The van der Waals surface area contributed by atoms with Gasteiger partial charge in [0.25, 0.3) is 0 Å². The SMILES string of the molecule is CSCCCC(O)Cc1ccncc1Cl. The van der Waals surface area contributed by atoms with Crippen molar-refractivity contribution in [2.45, 2.75) is 25.4 Å². The van der Waals surface area contributed by atoms with Crippen molar-refractivity contribution < 1.29 is 5.11 Å². The topological polar surface area (TPSA) is 33.1 Å². The van der Waals surface area contributed by atoms with Crippen molar-refractivity contribution in [3.05, 3.63) is 29.0 Å². The first kappa shape index (κ1) is 12.8. The molecule has 84 valence electrons. The van der Waals surface area contributed by atoms with E-state index in [0.717, 1.165) is 24.2 Å². The van der Waals surface area contributed by atoms with Gasteiger partial charge in [0.15, 0.2) is 0 Å². The average molecular weight is 246 g/mol. The third-order valence-electron chi connectivity index (χ3n) is 2.20. The molecular weight excluding hydrogens is 230 g/mol. The van der Waals surface area contributed by atoms with Gasteiger partial charge in [-0.05, 0) is 42.9 Å². The van der Waals surface area contributed by atoms with Crippen LogP contribution in [-0.2, 0) is 6.42 Å². The van der Waals surface area contributed by atoms with Gasteiger partial charge in [-0.25, -0.2) is 0 Å². The average Bonchev–Trinajstić information content (AvgIpc) is 2.22. The summed E-state index contributed by atoms with van der Waals surface area (Å²) < 4.78 is 0. The molecule has 0 saturated heterocycles. The van der Waals surface area contributed by atoms with E-state index in [1.807, 2.05) is 6.07 Å². The summed E-state index contributed by atoms with van der Waals surface area (Å²) >= 11 is 7.76. The molecule has 2 nitrogen and oxygen atoms in total. The highest BCUT2D eigenvalue weighted by Crippen LogP contribution is 2.17. The molecular formula is C11H16ClNOS. The molecule has 1 atom stereocenters. The van der Waals surface area contributed by atoms with E-state index >= 15 is 0 Å². The summed E-state index contributed by atoms with van der Waals surface area (Å²) in [5, 5.41) is 10.4. The van der Waals surface area contributed by atoms with Crippen LogP contribution < -0.4 is 0 Å². The van der Waals surface area contributed by atoms with Crippen LogP contribution in [0.2, 0.25) is 5.02 Å². The van der Waals surface area contributed by atoms with Crippen LogP contribution in [0.4, 0.5) is 0 Å².